The molecular formula is C12H13N3. The topological polar surface area (TPSA) is 29.3 Å². The van der Waals surface area contributed by atoms with Crippen molar-refractivity contribution in [1.82, 2.24) is 4.57 Å². The lowest BCUT2D eigenvalue weighted by Gasteiger charge is -1.97. The first-order chi connectivity index (χ1) is 7.34. The third-order valence-corrected chi connectivity index (χ3v) is 2.04. The summed E-state index contributed by atoms with van der Waals surface area (Å²) in [4.78, 5) is 0. The molecule has 0 unspecified atom stereocenters. The number of aromatic nitrogens is 1. The van der Waals surface area contributed by atoms with Gasteiger partial charge in [0.15, 0.2) is 0 Å². The Labute approximate surface area is 89.1 Å². The van der Waals surface area contributed by atoms with E-state index in [0.29, 0.717) is 0 Å². The van der Waals surface area contributed by atoms with Crippen LogP contribution in [0, 0.1) is 0 Å². The Morgan fingerprint density at radius 2 is 2.00 bits per heavy atom. The molecule has 2 rings (SSSR count). The first-order valence-electron chi connectivity index (χ1n) is 4.81. The number of hydrogen-bond acceptors (Lipinski definition) is 2. The van der Waals surface area contributed by atoms with Crippen molar-refractivity contribution in [1.29, 1.82) is 0 Å². The van der Waals surface area contributed by atoms with Gasteiger partial charge in [0.2, 0.25) is 0 Å². The number of para-hydroxylation sites is 1. The second-order valence-corrected chi connectivity index (χ2v) is 3.35. The van der Waals surface area contributed by atoms with Gasteiger partial charge in [-0.2, -0.15) is 5.10 Å². The monoisotopic (exact) mass is 199 g/mol. The van der Waals surface area contributed by atoms with Gasteiger partial charge in [-0.1, -0.05) is 18.2 Å². The van der Waals surface area contributed by atoms with Crippen LogP contribution in [0.2, 0.25) is 0 Å². The van der Waals surface area contributed by atoms with Crippen LogP contribution in [0.25, 0.3) is 0 Å². The Morgan fingerprint density at radius 3 is 2.67 bits per heavy atom. The molecule has 15 heavy (non-hydrogen) atoms. The molecule has 0 fully saturated rings. The van der Waals surface area contributed by atoms with E-state index in [2.05, 4.69) is 10.5 Å². The molecule has 0 radical (unpaired) electrons. The van der Waals surface area contributed by atoms with Crippen molar-refractivity contribution >= 4 is 11.9 Å². The van der Waals surface area contributed by atoms with Crippen molar-refractivity contribution in [2.24, 2.45) is 12.1 Å². The number of nitrogens with one attached hydrogen (secondary N) is 1. The molecule has 1 heterocycles. The first-order valence-corrected chi connectivity index (χ1v) is 4.81. The van der Waals surface area contributed by atoms with Crippen LogP contribution in [-0.4, -0.2) is 10.8 Å². The molecule has 3 heteroatoms. The Bertz CT molecular complexity index is 443. The number of anilines is 1. The molecule has 0 aliphatic rings. The zero-order valence-electron chi connectivity index (χ0n) is 8.59. The van der Waals surface area contributed by atoms with Crippen molar-refractivity contribution in [3.63, 3.8) is 0 Å². The number of hydrazone groups is 1. The normalized spacial score (nSPS) is 10.7. The molecule has 0 amide bonds. The van der Waals surface area contributed by atoms with Crippen LogP contribution >= 0.6 is 0 Å². The van der Waals surface area contributed by atoms with Gasteiger partial charge in [-0.05, 0) is 18.2 Å². The maximum atomic E-state index is 4.14. The third-order valence-electron chi connectivity index (χ3n) is 2.04. The van der Waals surface area contributed by atoms with E-state index in [1.807, 2.05) is 60.4 Å². The fourth-order valence-corrected chi connectivity index (χ4v) is 1.30. The van der Waals surface area contributed by atoms with E-state index < -0.39 is 0 Å². The highest BCUT2D eigenvalue weighted by atomic mass is 15.3. The molecule has 1 aromatic heterocycles. The number of aryl methyl sites for hydroxylation is 1. The van der Waals surface area contributed by atoms with Crippen LogP contribution < -0.4 is 5.43 Å². The lowest BCUT2D eigenvalue weighted by atomic mass is 10.3. The second kappa shape index (κ2) is 4.46. The summed E-state index contributed by atoms with van der Waals surface area (Å²) in [6, 6.07) is 11.9. The molecule has 76 valence electrons. The Hall–Kier alpha value is -2.03. The van der Waals surface area contributed by atoms with Crippen LogP contribution in [0.1, 0.15) is 5.56 Å². The summed E-state index contributed by atoms with van der Waals surface area (Å²) < 4.78 is 1.99. The molecule has 0 saturated heterocycles. The van der Waals surface area contributed by atoms with Crippen molar-refractivity contribution in [3.8, 4) is 0 Å². The first kappa shape index (κ1) is 9.52. The minimum Gasteiger partial charge on any atom is -0.357 e. The van der Waals surface area contributed by atoms with Crippen molar-refractivity contribution < 1.29 is 0 Å². The summed E-state index contributed by atoms with van der Waals surface area (Å²) in [5.41, 5.74) is 5.04. The van der Waals surface area contributed by atoms with Gasteiger partial charge in [0.05, 0.1) is 11.9 Å². The van der Waals surface area contributed by atoms with Gasteiger partial charge in [-0.3, -0.25) is 5.43 Å². The Balaban J connectivity index is 1.96. The SMILES string of the molecule is Cn1ccc(/C=N/Nc2ccccc2)c1. The molecule has 0 atom stereocenters. The average Bonchev–Trinajstić information content (AvgIpc) is 2.66. The summed E-state index contributed by atoms with van der Waals surface area (Å²) in [5.74, 6) is 0. The molecular weight excluding hydrogens is 186 g/mol. The van der Waals surface area contributed by atoms with Gasteiger partial charge >= 0.3 is 0 Å². The molecule has 0 spiro atoms. The smallest absolute Gasteiger partial charge is 0.0561 e. The van der Waals surface area contributed by atoms with Crippen LogP contribution in [0.15, 0.2) is 53.9 Å². The quantitative estimate of drug-likeness (QED) is 0.597. The van der Waals surface area contributed by atoms with E-state index in [1.54, 1.807) is 6.21 Å². The predicted molar refractivity (Wildman–Crippen MR) is 63.1 cm³/mol. The van der Waals surface area contributed by atoms with Crippen molar-refractivity contribution in [3.05, 3.63) is 54.4 Å². The maximum absolute atomic E-state index is 4.14. The van der Waals surface area contributed by atoms with Crippen molar-refractivity contribution in [2.75, 3.05) is 5.43 Å². The second-order valence-electron chi connectivity index (χ2n) is 3.35. The lowest BCUT2D eigenvalue weighted by molar-refractivity contribution is 0.927. The fourth-order valence-electron chi connectivity index (χ4n) is 1.30. The van der Waals surface area contributed by atoms with E-state index >= 15 is 0 Å². The predicted octanol–water partition coefficient (Wildman–Crippen LogP) is 2.47. The minimum absolute atomic E-state index is 0.990. The number of nitrogens with zero attached hydrogens (tertiary/aromatic N) is 2. The standard InChI is InChI=1S/C12H13N3/c1-15-8-7-11(10-15)9-13-14-12-5-3-2-4-6-12/h2-10,14H,1H3/b13-9+. The van der Waals surface area contributed by atoms with E-state index in [4.69, 9.17) is 0 Å². The Morgan fingerprint density at radius 1 is 1.20 bits per heavy atom. The Kier molecular flexibility index (Phi) is 2.83. The minimum atomic E-state index is 0.990. The molecule has 0 aliphatic heterocycles. The third kappa shape index (κ3) is 2.71. The van der Waals surface area contributed by atoms with Crippen LogP contribution in [0.4, 0.5) is 5.69 Å². The van der Waals surface area contributed by atoms with E-state index in [9.17, 15) is 0 Å². The highest BCUT2D eigenvalue weighted by molar-refractivity contribution is 5.79. The van der Waals surface area contributed by atoms with Gasteiger partial charge in [-0.15, -0.1) is 0 Å². The fraction of sp³-hybridized carbons (Fsp3) is 0.0833. The van der Waals surface area contributed by atoms with E-state index in [1.165, 1.54) is 0 Å². The molecule has 0 bridgehead atoms. The zero-order chi connectivity index (χ0) is 10.5. The summed E-state index contributed by atoms with van der Waals surface area (Å²) in [5, 5.41) is 4.14. The highest BCUT2D eigenvalue weighted by Crippen LogP contribution is 2.04. The summed E-state index contributed by atoms with van der Waals surface area (Å²) >= 11 is 0. The molecule has 2 aromatic rings. The van der Waals surface area contributed by atoms with Gasteiger partial charge in [0, 0.05) is 25.0 Å². The molecule has 3 nitrogen and oxygen atoms in total. The van der Waals surface area contributed by atoms with E-state index in [0.717, 1.165) is 11.3 Å². The van der Waals surface area contributed by atoms with Gasteiger partial charge < -0.3 is 4.57 Å². The molecule has 1 N–H and O–H groups in total. The number of rotatable bonds is 3. The molecule has 0 saturated carbocycles. The largest absolute Gasteiger partial charge is 0.357 e. The molecule has 1 aromatic carbocycles. The van der Waals surface area contributed by atoms with Gasteiger partial charge in [-0.25, -0.2) is 0 Å². The summed E-state index contributed by atoms with van der Waals surface area (Å²) in [6.45, 7) is 0. The van der Waals surface area contributed by atoms with Crippen molar-refractivity contribution in [2.45, 2.75) is 0 Å². The number of hydrogen-bond donors (Lipinski definition) is 1. The van der Waals surface area contributed by atoms with Crippen LogP contribution in [0.3, 0.4) is 0 Å². The zero-order valence-corrected chi connectivity index (χ0v) is 8.59. The maximum Gasteiger partial charge on any atom is 0.0561 e. The summed E-state index contributed by atoms with van der Waals surface area (Å²) in [7, 11) is 1.99. The van der Waals surface area contributed by atoms with E-state index in [-0.39, 0.29) is 0 Å². The summed E-state index contributed by atoms with van der Waals surface area (Å²) in [6.07, 6.45) is 5.80. The van der Waals surface area contributed by atoms with Crippen LogP contribution in [0.5, 0.6) is 0 Å². The average molecular weight is 199 g/mol. The van der Waals surface area contributed by atoms with Crippen LogP contribution in [-0.2, 0) is 7.05 Å². The lowest BCUT2D eigenvalue weighted by Crippen LogP contribution is -1.89. The highest BCUT2D eigenvalue weighted by Gasteiger charge is 1.89. The van der Waals surface area contributed by atoms with Gasteiger partial charge in [0.25, 0.3) is 0 Å². The molecule has 0 aliphatic carbocycles. The number of benzene rings is 1. The van der Waals surface area contributed by atoms with Gasteiger partial charge in [0.1, 0.15) is 0 Å².